The van der Waals surface area contributed by atoms with Crippen molar-refractivity contribution in [1.82, 2.24) is 4.98 Å². The quantitative estimate of drug-likeness (QED) is 0.896. The Morgan fingerprint density at radius 1 is 1.33 bits per heavy atom. The largest absolute Gasteiger partial charge is 0.487 e. The van der Waals surface area contributed by atoms with Gasteiger partial charge >= 0.3 is 5.97 Å². The number of aryl methyl sites for hydroxylation is 1. The summed E-state index contributed by atoms with van der Waals surface area (Å²) in [6, 6.07) is 10.5. The highest BCUT2D eigenvalue weighted by Gasteiger charge is 2.07. The Balaban J connectivity index is 2.07. The molecule has 0 radical (unpaired) electrons. The molecule has 0 aliphatic heterocycles. The molecule has 0 fully saturated rings. The lowest BCUT2D eigenvalue weighted by Crippen LogP contribution is -2.01. The van der Waals surface area contributed by atoms with E-state index in [1.165, 1.54) is 0 Å². The average Bonchev–Trinajstić information content (AvgIpc) is 2.37. The van der Waals surface area contributed by atoms with Crippen LogP contribution < -0.4 is 4.74 Å². The summed E-state index contributed by atoms with van der Waals surface area (Å²) in [7, 11) is 0. The summed E-state index contributed by atoms with van der Waals surface area (Å²) < 4.78 is 5.55. The van der Waals surface area contributed by atoms with Crippen molar-refractivity contribution in [2.75, 3.05) is 0 Å². The molecule has 0 aliphatic rings. The van der Waals surface area contributed by atoms with Gasteiger partial charge in [0.2, 0.25) is 0 Å². The van der Waals surface area contributed by atoms with Gasteiger partial charge in [0.05, 0.1) is 11.3 Å². The second-order valence-electron chi connectivity index (χ2n) is 3.89. The maximum Gasteiger partial charge on any atom is 0.335 e. The number of carboxylic acids is 1. The molecule has 1 aromatic heterocycles. The zero-order chi connectivity index (χ0) is 13.0. The fraction of sp³-hybridized carbons (Fsp3) is 0.143. The van der Waals surface area contributed by atoms with Gasteiger partial charge in [-0.1, -0.05) is 6.07 Å². The number of aromatic nitrogens is 1. The standard InChI is InChI=1S/C14H13NO3/c1-10-8-12(5-6-13(10)14(16)17)18-9-11-4-2-3-7-15-11/h2-8H,9H2,1H3,(H,16,17). The van der Waals surface area contributed by atoms with Crippen LogP contribution in [0.5, 0.6) is 5.75 Å². The molecule has 0 aliphatic carbocycles. The van der Waals surface area contributed by atoms with E-state index in [2.05, 4.69) is 4.98 Å². The van der Waals surface area contributed by atoms with E-state index < -0.39 is 5.97 Å². The zero-order valence-corrected chi connectivity index (χ0v) is 9.96. The number of pyridine rings is 1. The topological polar surface area (TPSA) is 59.4 Å². The summed E-state index contributed by atoms with van der Waals surface area (Å²) in [5.41, 5.74) is 1.80. The SMILES string of the molecule is Cc1cc(OCc2ccccn2)ccc1C(=O)O. The first-order valence-corrected chi connectivity index (χ1v) is 5.53. The molecule has 0 saturated carbocycles. The van der Waals surface area contributed by atoms with Crippen LogP contribution in [0.25, 0.3) is 0 Å². The first kappa shape index (κ1) is 12.1. The van der Waals surface area contributed by atoms with Crippen molar-refractivity contribution >= 4 is 5.97 Å². The van der Waals surface area contributed by atoms with Gasteiger partial charge in [-0.05, 0) is 42.8 Å². The molecule has 0 unspecified atom stereocenters. The van der Waals surface area contributed by atoms with Crippen molar-refractivity contribution in [1.29, 1.82) is 0 Å². The fourth-order valence-electron chi connectivity index (χ4n) is 1.61. The predicted octanol–water partition coefficient (Wildman–Crippen LogP) is 2.67. The molecule has 0 atom stereocenters. The minimum atomic E-state index is -0.927. The lowest BCUT2D eigenvalue weighted by atomic mass is 10.1. The van der Waals surface area contributed by atoms with E-state index in [1.807, 2.05) is 18.2 Å². The van der Waals surface area contributed by atoms with Crippen LogP contribution in [0.2, 0.25) is 0 Å². The van der Waals surface area contributed by atoms with Gasteiger partial charge in [-0.3, -0.25) is 4.98 Å². The summed E-state index contributed by atoms with van der Waals surface area (Å²) in [5, 5.41) is 8.91. The molecule has 1 aromatic carbocycles. The highest BCUT2D eigenvalue weighted by Crippen LogP contribution is 2.18. The number of carbonyl (C=O) groups is 1. The van der Waals surface area contributed by atoms with E-state index in [1.54, 1.807) is 31.3 Å². The predicted molar refractivity (Wildman–Crippen MR) is 66.7 cm³/mol. The number of hydrogen-bond donors (Lipinski definition) is 1. The third-order valence-corrected chi connectivity index (χ3v) is 2.54. The van der Waals surface area contributed by atoms with Gasteiger partial charge in [0, 0.05) is 6.20 Å². The van der Waals surface area contributed by atoms with E-state index in [4.69, 9.17) is 9.84 Å². The number of carboxylic acid groups (broad SMARTS) is 1. The molecular weight excluding hydrogens is 230 g/mol. The Labute approximate surface area is 105 Å². The molecule has 1 heterocycles. The van der Waals surface area contributed by atoms with Gasteiger partial charge in [0.1, 0.15) is 12.4 Å². The Bertz CT molecular complexity index is 552. The van der Waals surface area contributed by atoms with E-state index in [0.717, 1.165) is 5.69 Å². The minimum absolute atomic E-state index is 0.292. The monoisotopic (exact) mass is 243 g/mol. The van der Waals surface area contributed by atoms with Gasteiger partial charge in [-0.2, -0.15) is 0 Å². The highest BCUT2D eigenvalue weighted by atomic mass is 16.5. The molecule has 4 nitrogen and oxygen atoms in total. The molecule has 1 N–H and O–H groups in total. The van der Waals surface area contributed by atoms with Crippen LogP contribution in [-0.4, -0.2) is 16.1 Å². The summed E-state index contributed by atoms with van der Waals surface area (Å²) >= 11 is 0. The van der Waals surface area contributed by atoms with Crippen LogP contribution in [0.15, 0.2) is 42.6 Å². The highest BCUT2D eigenvalue weighted by molar-refractivity contribution is 5.89. The summed E-state index contributed by atoms with van der Waals surface area (Å²) in [5.74, 6) is -0.285. The van der Waals surface area contributed by atoms with E-state index in [-0.39, 0.29) is 0 Å². The van der Waals surface area contributed by atoms with Gasteiger partial charge in [0.25, 0.3) is 0 Å². The minimum Gasteiger partial charge on any atom is -0.487 e. The molecule has 2 rings (SSSR count). The number of hydrogen-bond acceptors (Lipinski definition) is 3. The second-order valence-corrected chi connectivity index (χ2v) is 3.89. The smallest absolute Gasteiger partial charge is 0.335 e. The molecule has 2 aromatic rings. The summed E-state index contributed by atoms with van der Waals surface area (Å²) in [6.45, 7) is 2.11. The van der Waals surface area contributed by atoms with Crippen LogP contribution in [0.4, 0.5) is 0 Å². The number of rotatable bonds is 4. The van der Waals surface area contributed by atoms with Crippen molar-refractivity contribution in [3.63, 3.8) is 0 Å². The number of aromatic carboxylic acids is 1. The maximum absolute atomic E-state index is 10.9. The third kappa shape index (κ3) is 2.85. The van der Waals surface area contributed by atoms with Gasteiger partial charge < -0.3 is 9.84 Å². The molecule has 18 heavy (non-hydrogen) atoms. The fourth-order valence-corrected chi connectivity index (χ4v) is 1.61. The zero-order valence-electron chi connectivity index (χ0n) is 9.96. The number of benzene rings is 1. The first-order valence-electron chi connectivity index (χ1n) is 5.53. The second kappa shape index (κ2) is 5.31. The molecule has 0 saturated heterocycles. The van der Waals surface area contributed by atoms with Gasteiger partial charge in [-0.15, -0.1) is 0 Å². The van der Waals surface area contributed by atoms with Crippen molar-refractivity contribution < 1.29 is 14.6 Å². The van der Waals surface area contributed by atoms with Crippen LogP contribution in [0.3, 0.4) is 0 Å². The average molecular weight is 243 g/mol. The Hall–Kier alpha value is -2.36. The Morgan fingerprint density at radius 2 is 2.17 bits per heavy atom. The normalized spacial score (nSPS) is 10.1. The molecule has 4 heteroatoms. The van der Waals surface area contributed by atoms with E-state index >= 15 is 0 Å². The molecular formula is C14H13NO3. The van der Waals surface area contributed by atoms with Crippen molar-refractivity contribution in [2.45, 2.75) is 13.5 Å². The van der Waals surface area contributed by atoms with Crippen molar-refractivity contribution in [3.05, 3.63) is 59.4 Å². The van der Waals surface area contributed by atoms with E-state index in [0.29, 0.717) is 23.5 Å². The van der Waals surface area contributed by atoms with Crippen LogP contribution >= 0.6 is 0 Å². The molecule has 92 valence electrons. The third-order valence-electron chi connectivity index (χ3n) is 2.54. The summed E-state index contributed by atoms with van der Waals surface area (Å²) in [6.07, 6.45) is 1.71. The lowest BCUT2D eigenvalue weighted by Gasteiger charge is -2.07. The van der Waals surface area contributed by atoms with Crippen LogP contribution in [0.1, 0.15) is 21.6 Å². The molecule has 0 spiro atoms. The Morgan fingerprint density at radius 3 is 2.78 bits per heavy atom. The van der Waals surface area contributed by atoms with Gasteiger partial charge in [-0.25, -0.2) is 4.79 Å². The van der Waals surface area contributed by atoms with Crippen LogP contribution in [-0.2, 0) is 6.61 Å². The van der Waals surface area contributed by atoms with E-state index in [9.17, 15) is 4.79 Å². The lowest BCUT2D eigenvalue weighted by molar-refractivity contribution is 0.0696. The summed E-state index contributed by atoms with van der Waals surface area (Å²) in [4.78, 5) is 15.0. The Kier molecular flexibility index (Phi) is 3.57. The number of ether oxygens (including phenoxy) is 1. The van der Waals surface area contributed by atoms with Crippen molar-refractivity contribution in [2.24, 2.45) is 0 Å². The first-order chi connectivity index (χ1) is 8.66. The maximum atomic E-state index is 10.9. The van der Waals surface area contributed by atoms with Crippen molar-refractivity contribution in [3.8, 4) is 5.75 Å². The van der Waals surface area contributed by atoms with Gasteiger partial charge in [0.15, 0.2) is 0 Å². The molecule has 0 bridgehead atoms. The van der Waals surface area contributed by atoms with Crippen LogP contribution in [0, 0.1) is 6.92 Å². The number of nitrogens with zero attached hydrogens (tertiary/aromatic N) is 1. The molecule has 0 amide bonds.